The van der Waals surface area contributed by atoms with Crippen LogP contribution in [0.4, 0.5) is 0 Å². The van der Waals surface area contributed by atoms with Crippen LogP contribution in [0.3, 0.4) is 0 Å². The van der Waals surface area contributed by atoms with Crippen molar-refractivity contribution in [2.24, 2.45) is 11.8 Å². The second-order valence-corrected chi connectivity index (χ2v) is 6.97. The predicted octanol–water partition coefficient (Wildman–Crippen LogP) is 3.15. The summed E-state index contributed by atoms with van der Waals surface area (Å²) in [5.41, 5.74) is 0.315. The van der Waals surface area contributed by atoms with Crippen LogP contribution in [-0.2, 0) is 4.74 Å². The summed E-state index contributed by atoms with van der Waals surface area (Å²) in [7, 11) is 6.34. The summed E-state index contributed by atoms with van der Waals surface area (Å²) in [6, 6.07) is 0.560. The average Bonchev–Trinajstić information content (AvgIpc) is 2.43. The van der Waals surface area contributed by atoms with Crippen molar-refractivity contribution < 1.29 is 4.74 Å². The van der Waals surface area contributed by atoms with E-state index in [9.17, 15) is 0 Å². The zero-order valence-corrected chi connectivity index (χ0v) is 14.5. The molecule has 0 amide bonds. The van der Waals surface area contributed by atoms with Gasteiger partial charge in [-0.1, -0.05) is 20.8 Å². The van der Waals surface area contributed by atoms with Crippen LogP contribution in [0.1, 0.15) is 52.9 Å². The Bertz CT molecular complexity index is 260. The van der Waals surface area contributed by atoms with Crippen molar-refractivity contribution in [3.05, 3.63) is 0 Å². The molecule has 1 aliphatic rings. The smallest absolute Gasteiger partial charge is 0.0465 e. The highest BCUT2D eigenvalue weighted by molar-refractivity contribution is 5.03. The van der Waals surface area contributed by atoms with Crippen LogP contribution >= 0.6 is 0 Å². The van der Waals surface area contributed by atoms with Gasteiger partial charge in [0.2, 0.25) is 0 Å². The third-order valence-electron chi connectivity index (χ3n) is 5.38. The first-order valence-electron chi connectivity index (χ1n) is 8.37. The molecule has 1 N–H and O–H groups in total. The molecule has 0 aromatic rings. The van der Waals surface area contributed by atoms with Crippen molar-refractivity contribution in [1.29, 1.82) is 0 Å². The van der Waals surface area contributed by atoms with Gasteiger partial charge in [-0.15, -0.1) is 0 Å². The largest absolute Gasteiger partial charge is 0.385 e. The third-order valence-corrected chi connectivity index (χ3v) is 5.38. The summed E-state index contributed by atoms with van der Waals surface area (Å²) in [5, 5.41) is 3.80. The normalized spacial score (nSPS) is 30.4. The molecule has 2 atom stereocenters. The fraction of sp³-hybridized carbons (Fsp3) is 1.00. The minimum atomic E-state index is 0.315. The molecular weight excluding hydrogens is 248 g/mol. The summed E-state index contributed by atoms with van der Waals surface area (Å²) in [6.45, 7) is 8.92. The number of likely N-dealkylation sites (N-methyl/N-ethyl adjacent to an activating group) is 2. The number of hydrogen-bond donors (Lipinski definition) is 1. The number of hydrogen-bond acceptors (Lipinski definition) is 3. The second kappa shape index (κ2) is 8.35. The van der Waals surface area contributed by atoms with E-state index in [0.29, 0.717) is 17.5 Å². The number of rotatable bonds is 8. The van der Waals surface area contributed by atoms with Crippen molar-refractivity contribution in [3.63, 3.8) is 0 Å². The third kappa shape index (κ3) is 4.19. The maximum absolute atomic E-state index is 5.30. The molecule has 0 bridgehead atoms. The van der Waals surface area contributed by atoms with Gasteiger partial charge in [0.1, 0.15) is 0 Å². The van der Waals surface area contributed by atoms with Crippen LogP contribution in [0.15, 0.2) is 0 Å². The van der Waals surface area contributed by atoms with Crippen LogP contribution in [0.2, 0.25) is 0 Å². The molecule has 3 nitrogen and oxygen atoms in total. The Balaban J connectivity index is 2.87. The molecular formula is C17H36N2O. The van der Waals surface area contributed by atoms with Crippen LogP contribution < -0.4 is 5.32 Å². The Morgan fingerprint density at radius 1 is 1.30 bits per heavy atom. The molecule has 1 saturated carbocycles. The minimum absolute atomic E-state index is 0.315. The number of ether oxygens (including phenoxy) is 1. The lowest BCUT2D eigenvalue weighted by Crippen LogP contribution is -2.62. The van der Waals surface area contributed by atoms with Crippen molar-refractivity contribution in [1.82, 2.24) is 10.2 Å². The minimum Gasteiger partial charge on any atom is -0.385 e. The quantitative estimate of drug-likeness (QED) is 0.741. The van der Waals surface area contributed by atoms with Gasteiger partial charge in [0.25, 0.3) is 0 Å². The first kappa shape index (κ1) is 17.9. The lowest BCUT2D eigenvalue weighted by Gasteiger charge is -2.52. The predicted molar refractivity (Wildman–Crippen MR) is 87.2 cm³/mol. The van der Waals surface area contributed by atoms with E-state index in [1.165, 1.54) is 25.7 Å². The molecule has 0 aromatic carbocycles. The highest BCUT2D eigenvalue weighted by Gasteiger charge is 2.44. The lowest BCUT2D eigenvalue weighted by atomic mass is 9.68. The standard InChI is InChI=1S/C17H36N2O/c1-7-18-16(15(3)10-13-20-6)17(19(4)5)11-8-14(2)9-12-17/h14-16,18H,7-13H2,1-6H3. The van der Waals surface area contributed by atoms with E-state index in [2.05, 4.69) is 45.1 Å². The zero-order valence-electron chi connectivity index (χ0n) is 14.5. The van der Waals surface area contributed by atoms with E-state index in [0.717, 1.165) is 25.5 Å². The van der Waals surface area contributed by atoms with E-state index in [1.54, 1.807) is 7.11 Å². The van der Waals surface area contributed by atoms with E-state index in [-0.39, 0.29) is 0 Å². The molecule has 0 spiro atoms. The fourth-order valence-electron chi connectivity index (χ4n) is 3.91. The second-order valence-electron chi connectivity index (χ2n) is 6.97. The Labute approximate surface area is 126 Å². The van der Waals surface area contributed by atoms with Crippen molar-refractivity contribution in [2.75, 3.05) is 34.4 Å². The van der Waals surface area contributed by atoms with E-state index < -0.39 is 0 Å². The summed E-state index contributed by atoms with van der Waals surface area (Å²) in [4.78, 5) is 2.50. The van der Waals surface area contributed by atoms with Gasteiger partial charge in [-0.2, -0.15) is 0 Å². The van der Waals surface area contributed by atoms with E-state index in [1.807, 2.05) is 0 Å². The van der Waals surface area contributed by atoms with Crippen LogP contribution in [0.5, 0.6) is 0 Å². The topological polar surface area (TPSA) is 24.5 Å². The monoisotopic (exact) mass is 284 g/mol. The SMILES string of the molecule is CCNC(C(C)CCOC)C1(N(C)C)CCC(C)CC1. The van der Waals surface area contributed by atoms with Gasteiger partial charge in [0.15, 0.2) is 0 Å². The molecule has 0 aromatic heterocycles. The Hall–Kier alpha value is -0.120. The zero-order chi connectivity index (χ0) is 15.2. The summed E-state index contributed by atoms with van der Waals surface area (Å²) in [6.07, 6.45) is 6.49. The maximum Gasteiger partial charge on any atom is 0.0465 e. The van der Waals surface area contributed by atoms with Crippen molar-refractivity contribution in [3.8, 4) is 0 Å². The van der Waals surface area contributed by atoms with Gasteiger partial charge < -0.3 is 15.0 Å². The van der Waals surface area contributed by atoms with Crippen LogP contribution in [-0.4, -0.2) is 50.8 Å². The molecule has 1 rings (SSSR count). The molecule has 120 valence electrons. The van der Waals surface area contributed by atoms with Crippen molar-refractivity contribution >= 4 is 0 Å². The first-order chi connectivity index (χ1) is 9.47. The molecule has 0 saturated heterocycles. The van der Waals surface area contributed by atoms with Gasteiger partial charge in [-0.3, -0.25) is 0 Å². The highest BCUT2D eigenvalue weighted by Crippen LogP contribution is 2.40. The van der Waals surface area contributed by atoms with Gasteiger partial charge in [-0.25, -0.2) is 0 Å². The van der Waals surface area contributed by atoms with E-state index in [4.69, 9.17) is 4.74 Å². The average molecular weight is 284 g/mol. The molecule has 2 unspecified atom stereocenters. The summed E-state index contributed by atoms with van der Waals surface area (Å²) in [5.74, 6) is 1.53. The lowest BCUT2D eigenvalue weighted by molar-refractivity contribution is 0.0186. The Kier molecular flexibility index (Phi) is 7.49. The number of methoxy groups -OCH3 is 1. The molecule has 0 heterocycles. The van der Waals surface area contributed by atoms with E-state index >= 15 is 0 Å². The first-order valence-corrected chi connectivity index (χ1v) is 8.37. The summed E-state index contributed by atoms with van der Waals surface area (Å²) < 4.78 is 5.30. The molecule has 3 heteroatoms. The molecule has 20 heavy (non-hydrogen) atoms. The van der Waals surface area contributed by atoms with Gasteiger partial charge in [-0.05, 0) is 64.6 Å². The van der Waals surface area contributed by atoms with Gasteiger partial charge in [0, 0.05) is 25.3 Å². The number of nitrogens with zero attached hydrogens (tertiary/aromatic N) is 1. The van der Waals surface area contributed by atoms with Gasteiger partial charge >= 0.3 is 0 Å². The Morgan fingerprint density at radius 2 is 1.90 bits per heavy atom. The van der Waals surface area contributed by atoms with Crippen LogP contribution in [0, 0.1) is 11.8 Å². The number of nitrogens with one attached hydrogen (secondary N) is 1. The highest BCUT2D eigenvalue weighted by atomic mass is 16.5. The summed E-state index contributed by atoms with van der Waals surface area (Å²) >= 11 is 0. The molecule has 1 aliphatic carbocycles. The molecule has 0 aliphatic heterocycles. The van der Waals surface area contributed by atoms with Gasteiger partial charge in [0.05, 0.1) is 0 Å². The molecule has 1 fully saturated rings. The Morgan fingerprint density at radius 3 is 2.35 bits per heavy atom. The fourth-order valence-corrected chi connectivity index (χ4v) is 3.91. The van der Waals surface area contributed by atoms with Crippen molar-refractivity contribution in [2.45, 2.75) is 64.5 Å². The molecule has 0 radical (unpaired) electrons. The maximum atomic E-state index is 5.30. The van der Waals surface area contributed by atoms with Crippen LogP contribution in [0.25, 0.3) is 0 Å².